The second-order valence-corrected chi connectivity index (χ2v) is 6.19. The average Bonchev–Trinajstić information content (AvgIpc) is 2.34. The molecule has 2 N–H and O–H groups in total. The van der Waals surface area contributed by atoms with Gasteiger partial charge in [-0.3, -0.25) is 0 Å². The van der Waals surface area contributed by atoms with Crippen LogP contribution in [0.15, 0.2) is 29.2 Å². The van der Waals surface area contributed by atoms with Crippen molar-refractivity contribution in [2.24, 2.45) is 0 Å². The number of sulfonamides is 1. The van der Waals surface area contributed by atoms with Crippen molar-refractivity contribution in [2.45, 2.75) is 37.8 Å². The molecule has 0 spiro atoms. The zero-order valence-electron chi connectivity index (χ0n) is 10.9. The van der Waals surface area contributed by atoms with Crippen LogP contribution in [0, 0.1) is 0 Å². The fraction of sp³-hybridized carbons (Fsp3) is 0.500. The second-order valence-electron chi connectivity index (χ2n) is 4.42. The van der Waals surface area contributed by atoms with E-state index in [4.69, 9.17) is 0 Å². The molecule has 0 aliphatic carbocycles. The van der Waals surface area contributed by atoms with Crippen molar-refractivity contribution in [1.82, 2.24) is 10.0 Å². The molecule has 108 valence electrons. The van der Waals surface area contributed by atoms with Crippen LogP contribution in [0.4, 0.5) is 8.78 Å². The number of rotatable bonds is 7. The molecule has 0 aromatic heterocycles. The zero-order chi connectivity index (χ0) is 14.5. The van der Waals surface area contributed by atoms with Gasteiger partial charge in [0.1, 0.15) is 0 Å². The van der Waals surface area contributed by atoms with Crippen LogP contribution < -0.4 is 10.0 Å². The first-order valence-corrected chi connectivity index (χ1v) is 7.39. The number of benzene rings is 1. The van der Waals surface area contributed by atoms with Gasteiger partial charge in [-0.25, -0.2) is 21.9 Å². The van der Waals surface area contributed by atoms with Gasteiger partial charge in [-0.15, -0.1) is 0 Å². The number of nitrogens with one attached hydrogen (secondary N) is 2. The zero-order valence-corrected chi connectivity index (χ0v) is 11.7. The van der Waals surface area contributed by atoms with Crippen LogP contribution >= 0.6 is 0 Å². The van der Waals surface area contributed by atoms with E-state index in [9.17, 15) is 17.2 Å². The Morgan fingerprint density at radius 2 is 1.74 bits per heavy atom. The van der Waals surface area contributed by atoms with E-state index in [0.717, 1.165) is 5.56 Å². The smallest absolute Gasteiger partial charge is 0.251 e. The Bertz CT molecular complexity index is 487. The lowest BCUT2D eigenvalue weighted by Gasteiger charge is -2.09. The quantitative estimate of drug-likeness (QED) is 0.804. The average molecular weight is 292 g/mol. The van der Waals surface area contributed by atoms with Crippen molar-refractivity contribution >= 4 is 10.0 Å². The van der Waals surface area contributed by atoms with Crippen LogP contribution in [-0.4, -0.2) is 27.4 Å². The molecule has 4 nitrogen and oxygen atoms in total. The summed E-state index contributed by atoms with van der Waals surface area (Å²) < 4.78 is 49.1. The molecule has 0 amide bonds. The Labute approximate surface area is 112 Å². The van der Waals surface area contributed by atoms with E-state index in [1.807, 2.05) is 18.6 Å². The molecule has 1 rings (SSSR count). The summed E-state index contributed by atoms with van der Waals surface area (Å²) in [6.07, 6.45) is -2.70. The van der Waals surface area contributed by atoms with E-state index in [0.29, 0.717) is 12.6 Å². The molecule has 0 aliphatic rings. The molecule has 0 atom stereocenters. The molecule has 0 saturated carbocycles. The van der Waals surface area contributed by atoms with E-state index in [1.165, 1.54) is 12.1 Å². The highest BCUT2D eigenvalue weighted by atomic mass is 32.2. The molecular formula is C12H18F2N2O2S. The predicted molar refractivity (Wildman–Crippen MR) is 69.6 cm³/mol. The van der Waals surface area contributed by atoms with E-state index >= 15 is 0 Å². The third kappa shape index (κ3) is 5.63. The topological polar surface area (TPSA) is 58.2 Å². The minimum absolute atomic E-state index is 0.0125. The summed E-state index contributed by atoms with van der Waals surface area (Å²) in [5.41, 5.74) is 0.932. The van der Waals surface area contributed by atoms with Crippen LogP contribution in [-0.2, 0) is 16.6 Å². The molecule has 0 heterocycles. The Hall–Kier alpha value is -1.05. The SMILES string of the molecule is CC(C)NCc1ccc(S(=O)(=O)NCC(F)F)cc1. The van der Waals surface area contributed by atoms with Crippen LogP contribution in [0.1, 0.15) is 19.4 Å². The summed E-state index contributed by atoms with van der Waals surface area (Å²) >= 11 is 0. The summed E-state index contributed by atoms with van der Waals surface area (Å²) in [7, 11) is -3.85. The maximum absolute atomic E-state index is 12.0. The van der Waals surface area contributed by atoms with Gasteiger partial charge in [0.25, 0.3) is 6.43 Å². The van der Waals surface area contributed by atoms with Gasteiger partial charge in [-0.2, -0.15) is 0 Å². The lowest BCUT2D eigenvalue weighted by atomic mass is 10.2. The second kappa shape index (κ2) is 6.93. The van der Waals surface area contributed by atoms with E-state index in [2.05, 4.69) is 5.32 Å². The lowest BCUT2D eigenvalue weighted by molar-refractivity contribution is 0.153. The van der Waals surface area contributed by atoms with Gasteiger partial charge >= 0.3 is 0 Å². The summed E-state index contributed by atoms with van der Waals surface area (Å²) in [6, 6.07) is 6.46. The van der Waals surface area contributed by atoms with Crippen molar-refractivity contribution < 1.29 is 17.2 Å². The minimum Gasteiger partial charge on any atom is -0.310 e. The number of alkyl halides is 2. The lowest BCUT2D eigenvalue weighted by Crippen LogP contribution is -2.28. The molecule has 1 aromatic carbocycles. The highest BCUT2D eigenvalue weighted by Gasteiger charge is 2.15. The Morgan fingerprint density at radius 1 is 1.16 bits per heavy atom. The van der Waals surface area contributed by atoms with Crippen LogP contribution in [0.3, 0.4) is 0 Å². The van der Waals surface area contributed by atoms with Gasteiger partial charge in [0, 0.05) is 12.6 Å². The molecule has 0 radical (unpaired) electrons. The first-order valence-electron chi connectivity index (χ1n) is 5.91. The molecule has 1 aromatic rings. The summed E-state index contributed by atoms with van der Waals surface area (Å²) in [6.45, 7) is 3.77. The van der Waals surface area contributed by atoms with Crippen LogP contribution in [0.2, 0.25) is 0 Å². The highest BCUT2D eigenvalue weighted by Crippen LogP contribution is 2.11. The molecule has 7 heteroatoms. The fourth-order valence-electron chi connectivity index (χ4n) is 1.36. The summed E-state index contributed by atoms with van der Waals surface area (Å²) in [5.74, 6) is 0. The third-order valence-corrected chi connectivity index (χ3v) is 3.82. The van der Waals surface area contributed by atoms with Gasteiger partial charge in [0.2, 0.25) is 10.0 Å². The molecule has 0 bridgehead atoms. The first kappa shape index (κ1) is 16.0. The van der Waals surface area contributed by atoms with Crippen molar-refractivity contribution in [2.75, 3.05) is 6.54 Å². The van der Waals surface area contributed by atoms with Crippen molar-refractivity contribution in [1.29, 1.82) is 0 Å². The van der Waals surface area contributed by atoms with Gasteiger partial charge < -0.3 is 5.32 Å². The van der Waals surface area contributed by atoms with Gasteiger partial charge in [0.05, 0.1) is 11.4 Å². The molecule has 0 fully saturated rings. The van der Waals surface area contributed by atoms with E-state index in [1.54, 1.807) is 12.1 Å². The standard InChI is InChI=1S/C12H18F2N2O2S/c1-9(2)15-7-10-3-5-11(6-4-10)19(17,18)16-8-12(13)14/h3-6,9,12,15-16H,7-8H2,1-2H3. The monoisotopic (exact) mass is 292 g/mol. The number of hydrogen-bond acceptors (Lipinski definition) is 3. The van der Waals surface area contributed by atoms with Crippen LogP contribution in [0.5, 0.6) is 0 Å². The Balaban J connectivity index is 2.69. The maximum atomic E-state index is 12.0. The van der Waals surface area contributed by atoms with E-state index in [-0.39, 0.29) is 4.90 Å². The molecule has 0 saturated heterocycles. The van der Waals surface area contributed by atoms with Crippen LogP contribution in [0.25, 0.3) is 0 Å². The van der Waals surface area contributed by atoms with Crippen molar-refractivity contribution in [3.05, 3.63) is 29.8 Å². The number of halogens is 2. The van der Waals surface area contributed by atoms with Crippen molar-refractivity contribution in [3.63, 3.8) is 0 Å². The summed E-state index contributed by atoms with van der Waals surface area (Å²) in [4.78, 5) is -0.0125. The Morgan fingerprint density at radius 3 is 2.21 bits per heavy atom. The highest BCUT2D eigenvalue weighted by molar-refractivity contribution is 7.89. The molecular weight excluding hydrogens is 274 g/mol. The van der Waals surface area contributed by atoms with E-state index < -0.39 is 23.0 Å². The minimum atomic E-state index is -3.85. The largest absolute Gasteiger partial charge is 0.310 e. The molecule has 19 heavy (non-hydrogen) atoms. The Kier molecular flexibility index (Phi) is 5.84. The van der Waals surface area contributed by atoms with Gasteiger partial charge in [-0.1, -0.05) is 26.0 Å². The molecule has 0 aliphatic heterocycles. The third-order valence-electron chi connectivity index (χ3n) is 2.38. The predicted octanol–water partition coefficient (Wildman–Crippen LogP) is 1.73. The maximum Gasteiger partial charge on any atom is 0.251 e. The van der Waals surface area contributed by atoms with Gasteiger partial charge in [0.15, 0.2) is 0 Å². The summed E-state index contributed by atoms with van der Waals surface area (Å²) in [5, 5.41) is 3.20. The number of hydrogen-bond donors (Lipinski definition) is 2. The normalized spacial score (nSPS) is 12.3. The first-order chi connectivity index (χ1) is 8.81. The van der Waals surface area contributed by atoms with Crippen molar-refractivity contribution in [3.8, 4) is 0 Å². The molecule has 0 unspecified atom stereocenters. The van der Waals surface area contributed by atoms with Gasteiger partial charge in [-0.05, 0) is 17.7 Å². The fourth-order valence-corrected chi connectivity index (χ4v) is 2.37.